The SMILES string of the molecule is CC1NCCOC1(O)c1ccccc1.Cl. The van der Waals surface area contributed by atoms with Crippen molar-refractivity contribution in [2.75, 3.05) is 13.2 Å². The number of ether oxygens (including phenoxy) is 1. The van der Waals surface area contributed by atoms with E-state index < -0.39 is 5.79 Å². The van der Waals surface area contributed by atoms with Crippen LogP contribution < -0.4 is 5.32 Å². The Kier molecular flexibility index (Phi) is 4.11. The summed E-state index contributed by atoms with van der Waals surface area (Å²) in [5.74, 6) is -1.18. The molecule has 1 aliphatic heterocycles. The summed E-state index contributed by atoms with van der Waals surface area (Å²) >= 11 is 0. The highest BCUT2D eigenvalue weighted by atomic mass is 35.5. The van der Waals surface area contributed by atoms with Gasteiger partial charge >= 0.3 is 0 Å². The van der Waals surface area contributed by atoms with E-state index >= 15 is 0 Å². The van der Waals surface area contributed by atoms with Crippen molar-refractivity contribution in [2.24, 2.45) is 0 Å². The highest BCUT2D eigenvalue weighted by Gasteiger charge is 2.38. The van der Waals surface area contributed by atoms with Gasteiger partial charge in [-0.25, -0.2) is 0 Å². The normalized spacial score (nSPS) is 30.7. The summed E-state index contributed by atoms with van der Waals surface area (Å²) in [5, 5.41) is 13.5. The standard InChI is InChI=1S/C11H15NO2.ClH/c1-9-11(13,14-8-7-12-9)10-5-3-2-4-6-10;/h2-6,9,12-13H,7-8H2,1H3;1H. The first-order valence-electron chi connectivity index (χ1n) is 4.89. The number of aliphatic hydroxyl groups is 1. The smallest absolute Gasteiger partial charge is 0.208 e. The zero-order chi connectivity index (χ0) is 10.0. The van der Waals surface area contributed by atoms with Crippen LogP contribution >= 0.6 is 12.4 Å². The number of morpholine rings is 1. The monoisotopic (exact) mass is 229 g/mol. The van der Waals surface area contributed by atoms with E-state index in [-0.39, 0.29) is 18.4 Å². The molecule has 0 amide bonds. The molecule has 0 radical (unpaired) electrons. The first kappa shape index (κ1) is 12.5. The molecule has 2 unspecified atom stereocenters. The average Bonchev–Trinajstić information content (AvgIpc) is 2.24. The predicted octanol–water partition coefficient (Wildman–Crippen LogP) is 1.26. The summed E-state index contributed by atoms with van der Waals surface area (Å²) in [6, 6.07) is 9.40. The van der Waals surface area contributed by atoms with E-state index in [0.717, 1.165) is 12.1 Å². The summed E-state index contributed by atoms with van der Waals surface area (Å²) in [7, 11) is 0. The van der Waals surface area contributed by atoms with Crippen LogP contribution in [-0.4, -0.2) is 24.3 Å². The molecule has 2 rings (SSSR count). The lowest BCUT2D eigenvalue weighted by molar-refractivity contribution is -0.245. The van der Waals surface area contributed by atoms with Gasteiger partial charge in [0.15, 0.2) is 0 Å². The molecule has 0 aromatic heterocycles. The first-order valence-corrected chi connectivity index (χ1v) is 4.89. The Morgan fingerprint density at radius 2 is 2.07 bits per heavy atom. The van der Waals surface area contributed by atoms with Crippen LogP contribution in [0.2, 0.25) is 0 Å². The van der Waals surface area contributed by atoms with Crippen molar-refractivity contribution < 1.29 is 9.84 Å². The van der Waals surface area contributed by atoms with Crippen LogP contribution in [0.1, 0.15) is 12.5 Å². The lowest BCUT2D eigenvalue weighted by Crippen LogP contribution is -2.54. The average molecular weight is 230 g/mol. The largest absolute Gasteiger partial charge is 0.361 e. The fourth-order valence-electron chi connectivity index (χ4n) is 1.76. The van der Waals surface area contributed by atoms with E-state index in [1.165, 1.54) is 0 Å². The number of hydrogen-bond donors (Lipinski definition) is 2. The second-order valence-corrected chi connectivity index (χ2v) is 3.59. The number of hydrogen-bond acceptors (Lipinski definition) is 3. The van der Waals surface area contributed by atoms with Gasteiger partial charge in [-0.2, -0.15) is 0 Å². The lowest BCUT2D eigenvalue weighted by atomic mass is 9.98. The molecule has 0 saturated carbocycles. The van der Waals surface area contributed by atoms with Crippen LogP contribution in [0.25, 0.3) is 0 Å². The molecule has 1 heterocycles. The molecule has 1 aromatic carbocycles. The van der Waals surface area contributed by atoms with Crippen molar-refractivity contribution in [1.82, 2.24) is 5.32 Å². The van der Waals surface area contributed by atoms with Crippen molar-refractivity contribution in [1.29, 1.82) is 0 Å². The second kappa shape index (κ2) is 4.94. The van der Waals surface area contributed by atoms with Crippen LogP contribution in [0.3, 0.4) is 0 Å². The molecule has 1 fully saturated rings. The Morgan fingerprint density at radius 3 is 2.67 bits per heavy atom. The van der Waals surface area contributed by atoms with Gasteiger partial charge in [0.25, 0.3) is 0 Å². The number of benzene rings is 1. The Morgan fingerprint density at radius 1 is 1.40 bits per heavy atom. The van der Waals surface area contributed by atoms with Crippen molar-refractivity contribution in [3.05, 3.63) is 35.9 Å². The molecular formula is C11H16ClNO2. The van der Waals surface area contributed by atoms with Crippen molar-refractivity contribution in [3.63, 3.8) is 0 Å². The molecule has 84 valence electrons. The van der Waals surface area contributed by atoms with Gasteiger partial charge in [0.2, 0.25) is 5.79 Å². The van der Waals surface area contributed by atoms with Crippen LogP contribution in [0.5, 0.6) is 0 Å². The fourth-order valence-corrected chi connectivity index (χ4v) is 1.76. The van der Waals surface area contributed by atoms with Crippen LogP contribution in [-0.2, 0) is 10.5 Å². The molecule has 4 heteroatoms. The maximum Gasteiger partial charge on any atom is 0.208 e. The number of halogens is 1. The molecule has 2 atom stereocenters. The van der Waals surface area contributed by atoms with E-state index in [9.17, 15) is 5.11 Å². The Hall–Kier alpha value is -0.610. The van der Waals surface area contributed by atoms with Gasteiger partial charge in [-0.1, -0.05) is 30.3 Å². The summed E-state index contributed by atoms with van der Waals surface area (Å²) in [6.45, 7) is 3.25. The molecule has 3 nitrogen and oxygen atoms in total. The third-order valence-electron chi connectivity index (χ3n) is 2.65. The Bertz CT molecular complexity index is 307. The molecule has 1 aromatic rings. The van der Waals surface area contributed by atoms with Crippen LogP contribution in [0.4, 0.5) is 0 Å². The maximum absolute atomic E-state index is 10.3. The van der Waals surface area contributed by atoms with Crippen LogP contribution in [0, 0.1) is 0 Å². The topological polar surface area (TPSA) is 41.5 Å². The summed E-state index contributed by atoms with van der Waals surface area (Å²) in [5.41, 5.74) is 0.805. The molecule has 0 spiro atoms. The maximum atomic E-state index is 10.3. The molecule has 0 bridgehead atoms. The Balaban J connectivity index is 0.00000112. The predicted molar refractivity (Wildman–Crippen MR) is 61.0 cm³/mol. The van der Waals surface area contributed by atoms with E-state index in [2.05, 4.69) is 5.32 Å². The molecule has 0 aliphatic carbocycles. The molecule has 1 aliphatic rings. The van der Waals surface area contributed by atoms with Crippen molar-refractivity contribution >= 4 is 12.4 Å². The second-order valence-electron chi connectivity index (χ2n) is 3.59. The van der Waals surface area contributed by atoms with E-state index in [1.54, 1.807) is 0 Å². The van der Waals surface area contributed by atoms with Gasteiger partial charge in [-0.15, -0.1) is 12.4 Å². The minimum absolute atomic E-state index is 0. The highest BCUT2D eigenvalue weighted by molar-refractivity contribution is 5.85. The van der Waals surface area contributed by atoms with Gasteiger partial charge in [0, 0.05) is 12.1 Å². The van der Waals surface area contributed by atoms with Gasteiger partial charge in [-0.3, -0.25) is 0 Å². The lowest BCUT2D eigenvalue weighted by Gasteiger charge is -2.38. The molecular weight excluding hydrogens is 214 g/mol. The summed E-state index contributed by atoms with van der Waals surface area (Å²) < 4.78 is 5.46. The van der Waals surface area contributed by atoms with E-state index in [0.29, 0.717) is 6.61 Å². The fraction of sp³-hybridized carbons (Fsp3) is 0.455. The molecule has 1 saturated heterocycles. The van der Waals surface area contributed by atoms with Crippen LogP contribution in [0.15, 0.2) is 30.3 Å². The van der Waals surface area contributed by atoms with Gasteiger partial charge < -0.3 is 15.2 Å². The highest BCUT2D eigenvalue weighted by Crippen LogP contribution is 2.28. The van der Waals surface area contributed by atoms with E-state index in [1.807, 2.05) is 37.3 Å². The first-order chi connectivity index (χ1) is 6.73. The van der Waals surface area contributed by atoms with Crippen molar-refractivity contribution in [2.45, 2.75) is 18.8 Å². The minimum Gasteiger partial charge on any atom is -0.361 e. The summed E-state index contributed by atoms with van der Waals surface area (Å²) in [4.78, 5) is 0. The quantitative estimate of drug-likeness (QED) is 0.762. The minimum atomic E-state index is -1.18. The Labute approximate surface area is 95.9 Å². The summed E-state index contributed by atoms with van der Waals surface area (Å²) in [6.07, 6.45) is 0. The zero-order valence-corrected chi connectivity index (χ0v) is 9.46. The van der Waals surface area contributed by atoms with Gasteiger partial charge in [0.05, 0.1) is 12.6 Å². The number of nitrogens with one attached hydrogen (secondary N) is 1. The molecule has 15 heavy (non-hydrogen) atoms. The molecule has 2 N–H and O–H groups in total. The van der Waals surface area contributed by atoms with Gasteiger partial charge in [-0.05, 0) is 6.92 Å². The zero-order valence-electron chi connectivity index (χ0n) is 8.64. The van der Waals surface area contributed by atoms with Crippen molar-refractivity contribution in [3.8, 4) is 0 Å². The third kappa shape index (κ3) is 2.32. The third-order valence-corrected chi connectivity index (χ3v) is 2.65. The van der Waals surface area contributed by atoms with E-state index in [4.69, 9.17) is 4.74 Å². The van der Waals surface area contributed by atoms with Gasteiger partial charge in [0.1, 0.15) is 0 Å². The number of rotatable bonds is 1.